The number of hydrogen-bond acceptors (Lipinski definition) is 2. The minimum absolute atomic E-state index is 0.0170. The Morgan fingerprint density at radius 1 is 1.54 bits per heavy atom. The van der Waals surface area contributed by atoms with Gasteiger partial charge in [0.2, 0.25) is 5.56 Å². The van der Waals surface area contributed by atoms with Gasteiger partial charge in [-0.2, -0.15) is 0 Å². The van der Waals surface area contributed by atoms with Gasteiger partial charge in [-0.3, -0.25) is 4.79 Å². The highest BCUT2D eigenvalue weighted by molar-refractivity contribution is 5.39. The van der Waals surface area contributed by atoms with E-state index >= 15 is 0 Å². The normalized spacial score (nSPS) is 22.2. The molecular formula is C10H14N2O. The van der Waals surface area contributed by atoms with Gasteiger partial charge in [0.15, 0.2) is 0 Å². The Kier molecular flexibility index (Phi) is 2.08. The van der Waals surface area contributed by atoms with Crippen LogP contribution >= 0.6 is 0 Å². The molecule has 0 radical (unpaired) electrons. The van der Waals surface area contributed by atoms with Crippen LogP contribution in [0.15, 0.2) is 23.0 Å². The highest BCUT2D eigenvalue weighted by Gasteiger charge is 2.20. The quantitative estimate of drug-likeness (QED) is 0.705. The van der Waals surface area contributed by atoms with Crippen molar-refractivity contribution in [1.82, 2.24) is 4.98 Å². The van der Waals surface area contributed by atoms with E-state index < -0.39 is 0 Å². The summed E-state index contributed by atoms with van der Waals surface area (Å²) in [7, 11) is 0. The van der Waals surface area contributed by atoms with E-state index in [1.807, 2.05) is 6.07 Å². The van der Waals surface area contributed by atoms with E-state index in [-0.39, 0.29) is 5.56 Å². The first-order valence-corrected chi connectivity index (χ1v) is 4.73. The molecule has 2 rings (SSSR count). The molecule has 1 aromatic heterocycles. The highest BCUT2D eigenvalue weighted by Crippen LogP contribution is 2.21. The molecule has 3 heteroatoms. The van der Waals surface area contributed by atoms with E-state index in [4.69, 9.17) is 0 Å². The van der Waals surface area contributed by atoms with Crippen LogP contribution < -0.4 is 10.5 Å². The fourth-order valence-corrected chi connectivity index (χ4v) is 1.89. The molecular weight excluding hydrogens is 164 g/mol. The Morgan fingerprint density at radius 3 is 3.00 bits per heavy atom. The molecule has 1 atom stereocenters. The Bertz CT molecular complexity index is 345. The summed E-state index contributed by atoms with van der Waals surface area (Å²) in [6.07, 6.45) is 2.44. The van der Waals surface area contributed by atoms with Crippen molar-refractivity contribution in [2.75, 3.05) is 11.4 Å². The van der Waals surface area contributed by atoms with Gasteiger partial charge >= 0.3 is 0 Å². The van der Waals surface area contributed by atoms with Crippen LogP contribution in [0.4, 0.5) is 5.82 Å². The van der Waals surface area contributed by atoms with Crippen LogP contribution in [-0.4, -0.2) is 17.6 Å². The third-order valence-corrected chi connectivity index (χ3v) is 2.62. The SMILES string of the molecule is C[C@@H]1CCCN1c1cccc(=O)[nH]1. The van der Waals surface area contributed by atoms with Gasteiger partial charge in [0.25, 0.3) is 0 Å². The molecule has 0 unspecified atom stereocenters. The molecule has 0 aliphatic carbocycles. The zero-order valence-corrected chi connectivity index (χ0v) is 7.79. The van der Waals surface area contributed by atoms with E-state index in [9.17, 15) is 4.79 Å². The lowest BCUT2D eigenvalue weighted by molar-refractivity contribution is 0.726. The number of aromatic nitrogens is 1. The smallest absolute Gasteiger partial charge is 0.249 e. The molecule has 0 saturated carbocycles. The van der Waals surface area contributed by atoms with Crippen LogP contribution in [0.3, 0.4) is 0 Å². The summed E-state index contributed by atoms with van der Waals surface area (Å²) in [5.74, 6) is 0.956. The van der Waals surface area contributed by atoms with Gasteiger partial charge < -0.3 is 9.88 Å². The molecule has 1 aromatic rings. The minimum Gasteiger partial charge on any atom is -0.355 e. The van der Waals surface area contributed by atoms with Gasteiger partial charge in [-0.25, -0.2) is 0 Å². The van der Waals surface area contributed by atoms with Crippen LogP contribution in [0.1, 0.15) is 19.8 Å². The van der Waals surface area contributed by atoms with E-state index in [2.05, 4.69) is 16.8 Å². The number of aromatic amines is 1. The van der Waals surface area contributed by atoms with Gasteiger partial charge in [-0.1, -0.05) is 6.07 Å². The summed E-state index contributed by atoms with van der Waals surface area (Å²) >= 11 is 0. The van der Waals surface area contributed by atoms with Gasteiger partial charge in [-0.05, 0) is 25.8 Å². The van der Waals surface area contributed by atoms with Crippen molar-refractivity contribution < 1.29 is 0 Å². The van der Waals surface area contributed by atoms with Crippen LogP contribution in [0.25, 0.3) is 0 Å². The number of H-pyrrole nitrogens is 1. The molecule has 1 saturated heterocycles. The van der Waals surface area contributed by atoms with Gasteiger partial charge in [0, 0.05) is 18.7 Å². The van der Waals surface area contributed by atoms with Gasteiger partial charge in [0.05, 0.1) is 0 Å². The molecule has 0 spiro atoms. The van der Waals surface area contributed by atoms with Crippen molar-refractivity contribution >= 4 is 5.82 Å². The molecule has 0 amide bonds. The van der Waals surface area contributed by atoms with Crippen molar-refractivity contribution in [3.8, 4) is 0 Å². The summed E-state index contributed by atoms with van der Waals surface area (Å²) in [4.78, 5) is 16.2. The van der Waals surface area contributed by atoms with E-state index in [1.54, 1.807) is 12.1 Å². The van der Waals surface area contributed by atoms with Crippen LogP contribution in [0, 0.1) is 0 Å². The summed E-state index contributed by atoms with van der Waals surface area (Å²) in [5.41, 5.74) is -0.0170. The predicted molar refractivity (Wildman–Crippen MR) is 53.1 cm³/mol. The third-order valence-electron chi connectivity index (χ3n) is 2.62. The zero-order chi connectivity index (χ0) is 9.26. The molecule has 0 bridgehead atoms. The highest BCUT2D eigenvalue weighted by atomic mass is 16.1. The minimum atomic E-state index is -0.0170. The Morgan fingerprint density at radius 2 is 2.38 bits per heavy atom. The lowest BCUT2D eigenvalue weighted by Crippen LogP contribution is -2.28. The van der Waals surface area contributed by atoms with Crippen LogP contribution in [0.2, 0.25) is 0 Å². The number of anilines is 1. The zero-order valence-electron chi connectivity index (χ0n) is 7.79. The largest absolute Gasteiger partial charge is 0.355 e. The number of nitrogens with one attached hydrogen (secondary N) is 1. The van der Waals surface area contributed by atoms with Crippen LogP contribution in [0.5, 0.6) is 0 Å². The first-order valence-electron chi connectivity index (χ1n) is 4.73. The molecule has 1 N–H and O–H groups in total. The monoisotopic (exact) mass is 178 g/mol. The molecule has 1 aliphatic rings. The summed E-state index contributed by atoms with van der Waals surface area (Å²) in [6.45, 7) is 3.25. The number of hydrogen-bond donors (Lipinski definition) is 1. The topological polar surface area (TPSA) is 36.1 Å². The molecule has 70 valence electrons. The molecule has 3 nitrogen and oxygen atoms in total. The van der Waals surface area contributed by atoms with Crippen molar-refractivity contribution in [2.45, 2.75) is 25.8 Å². The van der Waals surface area contributed by atoms with E-state index in [1.165, 1.54) is 12.8 Å². The maximum absolute atomic E-state index is 11.1. The summed E-state index contributed by atoms with van der Waals surface area (Å²) in [5, 5.41) is 0. The van der Waals surface area contributed by atoms with Crippen LogP contribution in [-0.2, 0) is 0 Å². The second kappa shape index (κ2) is 3.24. The first kappa shape index (κ1) is 8.35. The Labute approximate surface area is 77.4 Å². The first-order chi connectivity index (χ1) is 6.27. The average molecular weight is 178 g/mol. The van der Waals surface area contributed by atoms with Gasteiger partial charge in [0.1, 0.15) is 5.82 Å². The van der Waals surface area contributed by atoms with E-state index in [0.29, 0.717) is 6.04 Å². The molecule has 1 fully saturated rings. The lowest BCUT2D eigenvalue weighted by Gasteiger charge is -2.22. The predicted octanol–water partition coefficient (Wildman–Crippen LogP) is 1.36. The van der Waals surface area contributed by atoms with Crippen molar-refractivity contribution in [3.63, 3.8) is 0 Å². The van der Waals surface area contributed by atoms with Crippen molar-refractivity contribution in [1.29, 1.82) is 0 Å². The fraction of sp³-hybridized carbons (Fsp3) is 0.500. The fourth-order valence-electron chi connectivity index (χ4n) is 1.89. The molecule has 1 aliphatic heterocycles. The summed E-state index contributed by atoms with van der Waals surface area (Å²) in [6, 6.07) is 5.87. The number of nitrogens with zero attached hydrogens (tertiary/aromatic N) is 1. The standard InChI is InChI=1S/C10H14N2O/c1-8-4-3-7-12(8)9-5-2-6-10(13)11-9/h2,5-6,8H,3-4,7H2,1H3,(H,11,13)/t8-/m1/s1. The average Bonchev–Trinajstić information content (AvgIpc) is 2.51. The maximum atomic E-state index is 11.1. The van der Waals surface area contributed by atoms with Crippen molar-refractivity contribution in [3.05, 3.63) is 28.6 Å². The third kappa shape index (κ3) is 1.59. The molecule has 13 heavy (non-hydrogen) atoms. The van der Waals surface area contributed by atoms with Crippen molar-refractivity contribution in [2.24, 2.45) is 0 Å². The summed E-state index contributed by atoms with van der Waals surface area (Å²) < 4.78 is 0. The molecule has 2 heterocycles. The molecule has 0 aromatic carbocycles. The van der Waals surface area contributed by atoms with E-state index in [0.717, 1.165) is 12.4 Å². The Balaban J connectivity index is 2.29. The Hall–Kier alpha value is -1.25. The number of rotatable bonds is 1. The second-order valence-electron chi connectivity index (χ2n) is 3.58. The maximum Gasteiger partial charge on any atom is 0.249 e. The second-order valence-corrected chi connectivity index (χ2v) is 3.58. The number of pyridine rings is 1. The van der Waals surface area contributed by atoms with Gasteiger partial charge in [-0.15, -0.1) is 0 Å². The lowest BCUT2D eigenvalue weighted by atomic mass is 10.2.